The fourth-order valence-corrected chi connectivity index (χ4v) is 5.20. The van der Waals surface area contributed by atoms with Gasteiger partial charge in [-0.05, 0) is 35.4 Å². The number of aromatic nitrogens is 1. The Morgan fingerprint density at radius 2 is 2.17 bits per heavy atom. The van der Waals surface area contributed by atoms with E-state index in [1.807, 2.05) is 24.3 Å². The van der Waals surface area contributed by atoms with Crippen LogP contribution >= 0.6 is 0 Å². The zero-order valence-electron chi connectivity index (χ0n) is 18.8. The Hall–Kier alpha value is -3.51. The Bertz CT molecular complexity index is 1360. The van der Waals surface area contributed by atoms with Crippen molar-refractivity contribution in [3.05, 3.63) is 77.9 Å². The van der Waals surface area contributed by atoms with E-state index in [0.717, 1.165) is 22.1 Å². The van der Waals surface area contributed by atoms with Crippen LogP contribution in [0.2, 0.25) is 0 Å². The number of furan rings is 1. The summed E-state index contributed by atoms with van der Waals surface area (Å²) in [5.74, 6) is -0.374. The molecule has 8 heteroatoms. The SMILES string of the molecule is N#Cc1cc(-c2ccoc2)c2ccc(COC3=CC(C4(O)CC5COC(C4)O5)CC(F)=C3)cc2n1. The molecule has 1 N–H and O–H groups in total. The van der Waals surface area contributed by atoms with E-state index in [2.05, 4.69) is 11.1 Å². The summed E-state index contributed by atoms with van der Waals surface area (Å²) < 4.78 is 36.9. The zero-order valence-corrected chi connectivity index (χ0v) is 18.8. The second-order valence-electron chi connectivity index (χ2n) is 9.32. The van der Waals surface area contributed by atoms with Crippen molar-refractivity contribution in [3.63, 3.8) is 0 Å². The van der Waals surface area contributed by atoms with Gasteiger partial charge in [-0.15, -0.1) is 0 Å². The number of pyridine rings is 1. The molecule has 4 unspecified atom stereocenters. The molecule has 4 heterocycles. The Morgan fingerprint density at radius 3 is 2.97 bits per heavy atom. The van der Waals surface area contributed by atoms with Crippen LogP contribution < -0.4 is 0 Å². The molecule has 7 nitrogen and oxygen atoms in total. The molecule has 0 radical (unpaired) electrons. The second kappa shape index (κ2) is 8.61. The maximum atomic E-state index is 14.5. The van der Waals surface area contributed by atoms with Crippen LogP contribution in [-0.4, -0.2) is 34.7 Å². The van der Waals surface area contributed by atoms with Gasteiger partial charge in [-0.25, -0.2) is 9.37 Å². The number of hydrogen-bond donors (Lipinski definition) is 1. The number of halogens is 1. The molecule has 2 aliphatic heterocycles. The molecule has 178 valence electrons. The minimum absolute atomic E-state index is 0.121. The normalized spacial score (nSPS) is 27.9. The highest BCUT2D eigenvalue weighted by molar-refractivity contribution is 5.95. The lowest BCUT2D eigenvalue weighted by Gasteiger charge is -2.40. The number of nitriles is 1. The van der Waals surface area contributed by atoms with Gasteiger partial charge in [-0.3, -0.25) is 0 Å². The van der Waals surface area contributed by atoms with Gasteiger partial charge in [-0.2, -0.15) is 5.26 Å². The first-order valence-corrected chi connectivity index (χ1v) is 11.6. The van der Waals surface area contributed by atoms with Crippen molar-refractivity contribution >= 4 is 10.9 Å². The summed E-state index contributed by atoms with van der Waals surface area (Å²) >= 11 is 0. The summed E-state index contributed by atoms with van der Waals surface area (Å²) in [6.45, 7) is 0.643. The number of aliphatic hydroxyl groups is 1. The predicted octanol–water partition coefficient (Wildman–Crippen LogP) is 4.91. The van der Waals surface area contributed by atoms with Crippen molar-refractivity contribution in [3.8, 4) is 17.2 Å². The standard InChI is InChI=1S/C27H23FN2O5/c28-19-6-18(27(31)10-22-15-34-26(11-27)35-22)7-21(8-19)33-13-16-1-2-23-24(17-3-4-32-14-17)9-20(12-29)30-25(23)5-16/h1-5,7-9,14,18,22,26,31H,6,10-11,13,15H2. The maximum absolute atomic E-state index is 14.5. The topological polar surface area (TPSA) is 97.7 Å². The molecule has 2 bridgehead atoms. The molecule has 2 fully saturated rings. The lowest BCUT2D eigenvalue weighted by molar-refractivity contribution is -0.169. The van der Waals surface area contributed by atoms with Crippen LogP contribution in [0.4, 0.5) is 4.39 Å². The number of allylic oxidation sites excluding steroid dienone is 2. The summed E-state index contributed by atoms with van der Waals surface area (Å²) in [7, 11) is 0. The third-order valence-electron chi connectivity index (χ3n) is 6.91. The number of nitrogens with zero attached hydrogens (tertiary/aromatic N) is 2. The molecule has 1 aromatic carbocycles. The second-order valence-corrected chi connectivity index (χ2v) is 9.32. The molecule has 6 rings (SSSR count). The predicted molar refractivity (Wildman–Crippen MR) is 123 cm³/mol. The lowest BCUT2D eigenvalue weighted by Crippen LogP contribution is -2.47. The lowest BCUT2D eigenvalue weighted by atomic mass is 9.75. The van der Waals surface area contributed by atoms with E-state index < -0.39 is 17.8 Å². The molecule has 35 heavy (non-hydrogen) atoms. The van der Waals surface area contributed by atoms with Crippen molar-refractivity contribution in [2.24, 2.45) is 5.92 Å². The Kier molecular flexibility index (Phi) is 5.41. The third kappa shape index (κ3) is 4.23. The molecule has 2 saturated heterocycles. The van der Waals surface area contributed by atoms with Gasteiger partial charge in [0.2, 0.25) is 0 Å². The smallest absolute Gasteiger partial charge is 0.160 e. The summed E-state index contributed by atoms with van der Waals surface area (Å²) in [4.78, 5) is 4.44. The van der Waals surface area contributed by atoms with Gasteiger partial charge in [0.05, 0.1) is 36.4 Å². The van der Waals surface area contributed by atoms with Crippen LogP contribution in [0.5, 0.6) is 0 Å². The summed E-state index contributed by atoms with van der Waals surface area (Å²) in [6, 6.07) is 11.4. The molecule has 2 aromatic heterocycles. The summed E-state index contributed by atoms with van der Waals surface area (Å²) in [5, 5.41) is 21.6. The largest absolute Gasteiger partial charge is 0.489 e. The minimum Gasteiger partial charge on any atom is -0.489 e. The zero-order chi connectivity index (χ0) is 24.0. The molecular weight excluding hydrogens is 451 g/mol. The number of ether oxygens (including phenoxy) is 3. The van der Waals surface area contributed by atoms with Gasteiger partial charge < -0.3 is 23.7 Å². The first-order valence-electron chi connectivity index (χ1n) is 11.6. The van der Waals surface area contributed by atoms with Crippen LogP contribution in [0.25, 0.3) is 22.0 Å². The molecule has 0 saturated carbocycles. The van der Waals surface area contributed by atoms with Gasteiger partial charge in [0.15, 0.2) is 6.29 Å². The van der Waals surface area contributed by atoms with E-state index in [-0.39, 0.29) is 25.0 Å². The first kappa shape index (κ1) is 22.0. The van der Waals surface area contributed by atoms with Crippen molar-refractivity contribution in [1.29, 1.82) is 5.26 Å². The highest BCUT2D eigenvalue weighted by Gasteiger charge is 2.49. The molecule has 4 atom stereocenters. The number of benzene rings is 1. The van der Waals surface area contributed by atoms with Crippen LogP contribution in [-0.2, 0) is 20.8 Å². The van der Waals surface area contributed by atoms with Gasteiger partial charge in [0.1, 0.15) is 30.0 Å². The van der Waals surface area contributed by atoms with Gasteiger partial charge in [0, 0.05) is 42.2 Å². The average Bonchev–Trinajstić information content (AvgIpc) is 3.51. The fraction of sp³-hybridized carbons (Fsp3) is 0.333. The Morgan fingerprint density at radius 1 is 1.26 bits per heavy atom. The average molecular weight is 474 g/mol. The highest BCUT2D eigenvalue weighted by Crippen LogP contribution is 2.43. The molecule has 0 spiro atoms. The molecule has 3 aromatic rings. The molecule has 3 aliphatic rings. The van der Waals surface area contributed by atoms with E-state index in [4.69, 9.17) is 18.6 Å². The fourth-order valence-electron chi connectivity index (χ4n) is 5.20. The van der Waals surface area contributed by atoms with Crippen LogP contribution in [0, 0.1) is 17.2 Å². The van der Waals surface area contributed by atoms with Gasteiger partial charge >= 0.3 is 0 Å². The van der Waals surface area contributed by atoms with Crippen LogP contribution in [0.15, 0.2) is 71.0 Å². The Balaban J connectivity index is 1.23. The van der Waals surface area contributed by atoms with Crippen molar-refractivity contribution in [1.82, 2.24) is 4.98 Å². The number of fused-ring (bicyclic) bond motifs is 3. The minimum atomic E-state index is -1.10. The van der Waals surface area contributed by atoms with E-state index in [9.17, 15) is 14.8 Å². The van der Waals surface area contributed by atoms with Crippen molar-refractivity contribution in [2.45, 2.75) is 43.9 Å². The molecule has 0 amide bonds. The molecule has 1 aliphatic carbocycles. The van der Waals surface area contributed by atoms with Crippen LogP contribution in [0.1, 0.15) is 30.5 Å². The van der Waals surface area contributed by atoms with Crippen LogP contribution in [0.3, 0.4) is 0 Å². The van der Waals surface area contributed by atoms with E-state index in [1.165, 1.54) is 6.08 Å². The van der Waals surface area contributed by atoms with E-state index in [1.54, 1.807) is 24.7 Å². The number of rotatable bonds is 5. The summed E-state index contributed by atoms with van der Waals surface area (Å²) in [5.41, 5.74) is 2.41. The number of hydrogen-bond acceptors (Lipinski definition) is 7. The maximum Gasteiger partial charge on any atom is 0.160 e. The highest BCUT2D eigenvalue weighted by atomic mass is 19.1. The quantitative estimate of drug-likeness (QED) is 0.561. The Labute approximate surface area is 201 Å². The third-order valence-corrected chi connectivity index (χ3v) is 6.91. The van der Waals surface area contributed by atoms with E-state index in [0.29, 0.717) is 36.4 Å². The van der Waals surface area contributed by atoms with Gasteiger partial charge in [0.25, 0.3) is 0 Å². The van der Waals surface area contributed by atoms with Crippen molar-refractivity contribution < 1.29 is 28.1 Å². The van der Waals surface area contributed by atoms with Crippen molar-refractivity contribution in [2.75, 3.05) is 6.61 Å². The van der Waals surface area contributed by atoms with Gasteiger partial charge in [-0.1, -0.05) is 12.1 Å². The van der Waals surface area contributed by atoms with E-state index >= 15 is 0 Å². The monoisotopic (exact) mass is 474 g/mol. The molecular formula is C27H23FN2O5. The first-order chi connectivity index (χ1) is 17.0. The summed E-state index contributed by atoms with van der Waals surface area (Å²) in [6.07, 6.45) is 6.61.